The Morgan fingerprint density at radius 2 is 1.88 bits per heavy atom. The molecule has 0 spiro atoms. The van der Waals surface area contributed by atoms with Crippen LogP contribution in [0, 0.1) is 6.92 Å². The molecule has 3 rings (SSSR count). The summed E-state index contributed by atoms with van der Waals surface area (Å²) in [6.07, 6.45) is 1.65. The van der Waals surface area contributed by atoms with Gasteiger partial charge in [-0.1, -0.05) is 47.6 Å². The number of rotatable bonds is 5. The zero-order valence-electron chi connectivity index (χ0n) is 14.0. The average Bonchev–Trinajstić information content (AvgIpc) is 3.07. The number of oxime groups is 1. The van der Waals surface area contributed by atoms with Crippen LogP contribution in [0.2, 0.25) is 0 Å². The van der Waals surface area contributed by atoms with Gasteiger partial charge in [0.25, 0.3) is 5.91 Å². The topological polar surface area (TPSA) is 50.7 Å². The minimum absolute atomic E-state index is 0.0879. The number of thiophene rings is 1. The summed E-state index contributed by atoms with van der Waals surface area (Å²) in [4.78, 5) is 18.2. The summed E-state index contributed by atoms with van der Waals surface area (Å²) in [5, 5.41) is 8.71. The maximum atomic E-state index is 12.5. The second-order valence-corrected chi connectivity index (χ2v) is 6.55. The van der Waals surface area contributed by atoms with E-state index in [0.29, 0.717) is 5.56 Å². The van der Waals surface area contributed by atoms with Crippen LogP contribution in [0.5, 0.6) is 0 Å². The lowest BCUT2D eigenvalue weighted by atomic mass is 10.0. The lowest BCUT2D eigenvalue weighted by Gasteiger charge is -2.11. The molecule has 4 nitrogen and oxygen atoms in total. The number of para-hydroxylation sites is 1. The highest BCUT2D eigenvalue weighted by Crippen LogP contribution is 2.29. The van der Waals surface area contributed by atoms with Crippen LogP contribution in [-0.4, -0.2) is 19.2 Å². The van der Waals surface area contributed by atoms with Crippen molar-refractivity contribution in [3.8, 4) is 11.1 Å². The lowest BCUT2D eigenvalue weighted by molar-refractivity contribution is 0.102. The fourth-order valence-electron chi connectivity index (χ4n) is 2.52. The molecular formula is C20H18N2O2S. The van der Waals surface area contributed by atoms with E-state index in [0.717, 1.165) is 27.3 Å². The minimum atomic E-state index is -0.0879. The second-order valence-electron chi connectivity index (χ2n) is 5.43. The van der Waals surface area contributed by atoms with E-state index in [1.54, 1.807) is 17.6 Å². The monoisotopic (exact) mass is 350 g/mol. The smallest absolute Gasteiger partial charge is 0.256 e. The van der Waals surface area contributed by atoms with Crippen molar-refractivity contribution in [2.75, 3.05) is 12.4 Å². The van der Waals surface area contributed by atoms with Crippen molar-refractivity contribution in [2.24, 2.45) is 5.16 Å². The molecule has 0 saturated carbocycles. The van der Waals surface area contributed by atoms with E-state index in [1.165, 1.54) is 7.11 Å². The van der Waals surface area contributed by atoms with E-state index >= 15 is 0 Å². The molecule has 0 aliphatic heterocycles. The zero-order chi connectivity index (χ0) is 17.6. The zero-order valence-corrected chi connectivity index (χ0v) is 14.8. The number of carbonyl (C=O) groups is 1. The van der Waals surface area contributed by atoms with E-state index < -0.39 is 0 Å². The number of nitrogens with one attached hydrogen (secondary N) is 1. The number of hydrogen-bond donors (Lipinski definition) is 1. The van der Waals surface area contributed by atoms with Crippen molar-refractivity contribution >= 4 is 29.1 Å². The Morgan fingerprint density at radius 1 is 1.12 bits per heavy atom. The number of amides is 1. The van der Waals surface area contributed by atoms with Crippen molar-refractivity contribution in [3.05, 3.63) is 76.0 Å². The van der Waals surface area contributed by atoms with Crippen LogP contribution < -0.4 is 5.32 Å². The van der Waals surface area contributed by atoms with Gasteiger partial charge in [0.1, 0.15) is 7.11 Å². The van der Waals surface area contributed by atoms with Crippen molar-refractivity contribution in [1.82, 2.24) is 0 Å². The molecule has 5 heteroatoms. The van der Waals surface area contributed by atoms with E-state index in [4.69, 9.17) is 4.84 Å². The van der Waals surface area contributed by atoms with Gasteiger partial charge in [-0.3, -0.25) is 4.79 Å². The van der Waals surface area contributed by atoms with Gasteiger partial charge in [0.2, 0.25) is 0 Å². The van der Waals surface area contributed by atoms with Crippen molar-refractivity contribution < 1.29 is 9.63 Å². The Balaban J connectivity index is 1.87. The van der Waals surface area contributed by atoms with E-state index in [2.05, 4.69) is 10.5 Å². The maximum Gasteiger partial charge on any atom is 0.256 e. The molecule has 0 bridgehead atoms. The minimum Gasteiger partial charge on any atom is -0.399 e. The number of aryl methyl sites for hydroxylation is 1. The Morgan fingerprint density at radius 3 is 2.56 bits per heavy atom. The molecule has 25 heavy (non-hydrogen) atoms. The molecule has 2 aromatic carbocycles. The summed E-state index contributed by atoms with van der Waals surface area (Å²) in [6.45, 7) is 1.95. The van der Waals surface area contributed by atoms with E-state index in [9.17, 15) is 4.79 Å². The Kier molecular flexibility index (Phi) is 5.26. The molecule has 0 saturated heterocycles. The molecule has 3 aromatic rings. The van der Waals surface area contributed by atoms with Crippen molar-refractivity contribution in [3.63, 3.8) is 0 Å². The van der Waals surface area contributed by atoms with Gasteiger partial charge >= 0.3 is 0 Å². The number of hydrogen-bond acceptors (Lipinski definition) is 4. The predicted octanol–water partition coefficient (Wildman–Crippen LogP) is 4.96. The van der Waals surface area contributed by atoms with Crippen molar-refractivity contribution in [2.45, 2.75) is 6.92 Å². The Bertz CT molecular complexity index is 898. The van der Waals surface area contributed by atoms with Crippen LogP contribution >= 0.6 is 11.3 Å². The van der Waals surface area contributed by atoms with Crippen molar-refractivity contribution in [1.29, 1.82) is 0 Å². The molecule has 0 aliphatic carbocycles. The SMILES string of the molecule is CO/N=C/c1ccc(-c2ccccc2NC(=O)c2ccsc2C)cc1. The summed E-state index contributed by atoms with van der Waals surface area (Å²) in [7, 11) is 1.51. The molecule has 126 valence electrons. The van der Waals surface area contributed by atoms with Crippen LogP contribution in [0.15, 0.2) is 65.1 Å². The fraction of sp³-hybridized carbons (Fsp3) is 0.100. The largest absolute Gasteiger partial charge is 0.399 e. The number of anilines is 1. The van der Waals surface area contributed by atoms with Crippen LogP contribution in [0.3, 0.4) is 0 Å². The molecular weight excluding hydrogens is 332 g/mol. The van der Waals surface area contributed by atoms with E-state index in [-0.39, 0.29) is 5.91 Å². The van der Waals surface area contributed by atoms with Gasteiger partial charge in [0, 0.05) is 16.1 Å². The van der Waals surface area contributed by atoms with Gasteiger partial charge in [0.05, 0.1) is 11.8 Å². The van der Waals surface area contributed by atoms with Crippen LogP contribution in [0.25, 0.3) is 11.1 Å². The molecule has 0 fully saturated rings. The third-order valence-electron chi connectivity index (χ3n) is 3.81. The highest BCUT2D eigenvalue weighted by atomic mass is 32.1. The predicted molar refractivity (Wildman–Crippen MR) is 103 cm³/mol. The van der Waals surface area contributed by atoms with Gasteiger partial charge in [-0.05, 0) is 35.6 Å². The van der Waals surface area contributed by atoms with Gasteiger partial charge in [-0.15, -0.1) is 11.3 Å². The van der Waals surface area contributed by atoms with Gasteiger partial charge in [-0.25, -0.2) is 0 Å². The third-order valence-corrected chi connectivity index (χ3v) is 4.65. The number of carbonyl (C=O) groups excluding carboxylic acids is 1. The average molecular weight is 350 g/mol. The molecule has 0 radical (unpaired) electrons. The lowest BCUT2D eigenvalue weighted by Crippen LogP contribution is -2.12. The first kappa shape index (κ1) is 16.9. The molecule has 1 amide bonds. The fourth-order valence-corrected chi connectivity index (χ4v) is 3.21. The summed E-state index contributed by atoms with van der Waals surface area (Å²) < 4.78 is 0. The molecule has 0 atom stereocenters. The second kappa shape index (κ2) is 7.77. The van der Waals surface area contributed by atoms with Gasteiger partial charge in [0.15, 0.2) is 0 Å². The first-order valence-electron chi connectivity index (χ1n) is 7.80. The molecule has 1 N–H and O–H groups in total. The number of nitrogens with zero attached hydrogens (tertiary/aromatic N) is 1. The molecule has 1 aromatic heterocycles. The van der Waals surface area contributed by atoms with Crippen LogP contribution in [0.1, 0.15) is 20.8 Å². The van der Waals surface area contributed by atoms with Gasteiger partial charge in [-0.2, -0.15) is 0 Å². The summed E-state index contributed by atoms with van der Waals surface area (Å²) in [6, 6.07) is 17.5. The Labute approximate surface area is 150 Å². The standard InChI is InChI=1S/C20H18N2O2S/c1-14-17(11-12-25-14)20(23)22-19-6-4-3-5-18(19)16-9-7-15(8-10-16)13-21-24-2/h3-13H,1-2H3,(H,22,23)/b21-13+. The molecule has 0 aliphatic rings. The molecule has 0 unspecified atom stereocenters. The van der Waals surface area contributed by atoms with E-state index in [1.807, 2.05) is 66.9 Å². The summed E-state index contributed by atoms with van der Waals surface area (Å²) in [5.41, 5.74) is 4.44. The normalized spacial score (nSPS) is 10.8. The summed E-state index contributed by atoms with van der Waals surface area (Å²) >= 11 is 1.57. The highest BCUT2D eigenvalue weighted by molar-refractivity contribution is 7.10. The quantitative estimate of drug-likeness (QED) is 0.522. The Hall–Kier alpha value is -2.92. The maximum absolute atomic E-state index is 12.5. The third kappa shape index (κ3) is 3.95. The first-order valence-corrected chi connectivity index (χ1v) is 8.68. The van der Waals surface area contributed by atoms with Crippen LogP contribution in [0.4, 0.5) is 5.69 Å². The van der Waals surface area contributed by atoms with Gasteiger partial charge < -0.3 is 10.2 Å². The number of benzene rings is 2. The van der Waals surface area contributed by atoms with Crippen LogP contribution in [-0.2, 0) is 4.84 Å². The first-order chi connectivity index (χ1) is 12.2. The molecule has 1 heterocycles. The highest BCUT2D eigenvalue weighted by Gasteiger charge is 2.12. The summed E-state index contributed by atoms with van der Waals surface area (Å²) in [5.74, 6) is -0.0879.